The van der Waals surface area contributed by atoms with Gasteiger partial charge >= 0.3 is 12.0 Å². The zero-order valence-electron chi connectivity index (χ0n) is 10.4. The van der Waals surface area contributed by atoms with Gasteiger partial charge in [-0.25, -0.2) is 4.79 Å². The third-order valence-electron chi connectivity index (χ3n) is 3.18. The first-order valence-electron chi connectivity index (χ1n) is 6.35. The van der Waals surface area contributed by atoms with Crippen LogP contribution >= 0.6 is 0 Å². The Hall–Kier alpha value is -1.70. The Bertz CT molecular complexity index is 336. The summed E-state index contributed by atoms with van der Waals surface area (Å²) in [6.45, 7) is 0.514. The molecule has 2 amide bonds. The molecule has 0 radical (unpaired) electrons. The number of carbonyl (C=O) groups excluding carboxylic acids is 1. The van der Waals surface area contributed by atoms with Crippen molar-refractivity contribution in [3.8, 4) is 12.3 Å². The fraction of sp³-hybridized carbons (Fsp3) is 0.692. The number of rotatable bonds is 5. The number of unbranched alkanes of at least 4 members (excludes halogenated alkanes) is 1. The van der Waals surface area contributed by atoms with Crippen molar-refractivity contribution in [3.63, 3.8) is 0 Å². The number of urea groups is 1. The summed E-state index contributed by atoms with van der Waals surface area (Å²) in [5.41, 5.74) is 0. The number of hydrogen-bond acceptors (Lipinski definition) is 2. The quantitative estimate of drug-likeness (QED) is 0.510. The van der Waals surface area contributed by atoms with E-state index in [1.165, 1.54) is 0 Å². The molecule has 2 atom stereocenters. The molecular formula is C13H20N2O3. The van der Waals surface area contributed by atoms with Crippen molar-refractivity contribution in [2.75, 3.05) is 6.54 Å². The normalized spacial score (nSPS) is 22.8. The average Bonchev–Trinajstić information content (AvgIpc) is 2.35. The van der Waals surface area contributed by atoms with Crippen molar-refractivity contribution in [3.05, 3.63) is 0 Å². The average molecular weight is 252 g/mol. The molecule has 0 aromatic heterocycles. The Labute approximate surface area is 107 Å². The summed E-state index contributed by atoms with van der Waals surface area (Å²) < 4.78 is 0. The van der Waals surface area contributed by atoms with Crippen LogP contribution in [-0.2, 0) is 4.79 Å². The molecule has 0 spiro atoms. The zero-order valence-corrected chi connectivity index (χ0v) is 10.4. The monoisotopic (exact) mass is 252 g/mol. The van der Waals surface area contributed by atoms with E-state index >= 15 is 0 Å². The molecule has 0 saturated heterocycles. The highest BCUT2D eigenvalue weighted by Gasteiger charge is 2.31. The van der Waals surface area contributed by atoms with Gasteiger partial charge in [0.1, 0.15) is 0 Å². The molecular weight excluding hydrogens is 232 g/mol. The van der Waals surface area contributed by atoms with Crippen LogP contribution in [0.3, 0.4) is 0 Å². The van der Waals surface area contributed by atoms with Crippen molar-refractivity contribution in [1.82, 2.24) is 10.6 Å². The minimum absolute atomic E-state index is 0.260. The first kappa shape index (κ1) is 14.4. The highest BCUT2D eigenvalue weighted by molar-refractivity contribution is 5.76. The van der Waals surface area contributed by atoms with Crippen LogP contribution in [0, 0.1) is 18.3 Å². The van der Waals surface area contributed by atoms with E-state index in [1.807, 2.05) is 0 Å². The second-order valence-electron chi connectivity index (χ2n) is 4.54. The number of hydrogen-bond donors (Lipinski definition) is 3. The van der Waals surface area contributed by atoms with E-state index in [0.717, 1.165) is 25.7 Å². The Morgan fingerprint density at radius 2 is 2.06 bits per heavy atom. The van der Waals surface area contributed by atoms with Crippen LogP contribution in [0.25, 0.3) is 0 Å². The van der Waals surface area contributed by atoms with E-state index in [1.54, 1.807) is 0 Å². The summed E-state index contributed by atoms with van der Waals surface area (Å²) in [6.07, 6.45) is 9.71. The zero-order chi connectivity index (χ0) is 13.4. The molecule has 1 aliphatic rings. The highest BCUT2D eigenvalue weighted by atomic mass is 16.4. The van der Waals surface area contributed by atoms with Crippen LogP contribution in [0.5, 0.6) is 0 Å². The Morgan fingerprint density at radius 1 is 1.33 bits per heavy atom. The lowest BCUT2D eigenvalue weighted by molar-refractivity contribution is -0.143. The summed E-state index contributed by atoms with van der Waals surface area (Å²) in [6, 6.07) is -0.561. The molecule has 2 unspecified atom stereocenters. The van der Waals surface area contributed by atoms with Crippen LogP contribution < -0.4 is 10.6 Å². The smallest absolute Gasteiger partial charge is 0.315 e. The van der Waals surface area contributed by atoms with Gasteiger partial charge in [0, 0.05) is 19.0 Å². The van der Waals surface area contributed by atoms with Gasteiger partial charge in [-0.2, -0.15) is 0 Å². The van der Waals surface area contributed by atoms with Gasteiger partial charge in [0.05, 0.1) is 5.92 Å². The molecule has 0 heterocycles. The number of carboxylic acid groups (broad SMARTS) is 1. The van der Waals surface area contributed by atoms with E-state index in [4.69, 9.17) is 11.5 Å². The molecule has 0 bridgehead atoms. The molecule has 1 fully saturated rings. The maximum absolute atomic E-state index is 11.6. The fourth-order valence-electron chi connectivity index (χ4n) is 2.21. The van der Waals surface area contributed by atoms with Gasteiger partial charge in [-0.3, -0.25) is 4.79 Å². The van der Waals surface area contributed by atoms with Gasteiger partial charge in [-0.1, -0.05) is 12.8 Å². The second kappa shape index (κ2) is 7.59. The maximum Gasteiger partial charge on any atom is 0.315 e. The van der Waals surface area contributed by atoms with Gasteiger partial charge in [0.25, 0.3) is 0 Å². The molecule has 3 N–H and O–H groups in total. The minimum Gasteiger partial charge on any atom is -0.481 e. The van der Waals surface area contributed by atoms with Crippen molar-refractivity contribution in [2.45, 2.75) is 44.6 Å². The van der Waals surface area contributed by atoms with E-state index in [9.17, 15) is 9.59 Å². The maximum atomic E-state index is 11.6. The largest absolute Gasteiger partial charge is 0.481 e. The molecule has 0 aromatic rings. The first-order chi connectivity index (χ1) is 8.65. The lowest BCUT2D eigenvalue weighted by atomic mass is 9.84. The van der Waals surface area contributed by atoms with Crippen molar-refractivity contribution in [2.24, 2.45) is 5.92 Å². The SMILES string of the molecule is C#CCCCNC(=O)NC1CCCCC1C(=O)O. The number of amides is 2. The number of aliphatic carboxylic acids is 1. The van der Waals surface area contributed by atoms with Crippen molar-refractivity contribution >= 4 is 12.0 Å². The van der Waals surface area contributed by atoms with Gasteiger partial charge < -0.3 is 15.7 Å². The lowest BCUT2D eigenvalue weighted by Crippen LogP contribution is -2.48. The first-order valence-corrected chi connectivity index (χ1v) is 6.35. The second-order valence-corrected chi connectivity index (χ2v) is 4.54. The molecule has 1 aliphatic carbocycles. The van der Waals surface area contributed by atoms with Gasteiger partial charge in [-0.15, -0.1) is 12.3 Å². The predicted molar refractivity (Wildman–Crippen MR) is 68.0 cm³/mol. The van der Waals surface area contributed by atoms with E-state index < -0.39 is 11.9 Å². The van der Waals surface area contributed by atoms with Crippen LogP contribution in [0.4, 0.5) is 4.79 Å². The molecule has 5 nitrogen and oxygen atoms in total. The fourth-order valence-corrected chi connectivity index (χ4v) is 2.21. The molecule has 1 saturated carbocycles. The van der Waals surface area contributed by atoms with Crippen molar-refractivity contribution in [1.29, 1.82) is 0 Å². The van der Waals surface area contributed by atoms with E-state index in [2.05, 4.69) is 16.6 Å². The summed E-state index contributed by atoms with van der Waals surface area (Å²) >= 11 is 0. The highest BCUT2D eigenvalue weighted by Crippen LogP contribution is 2.24. The summed E-state index contributed by atoms with van der Waals surface area (Å²) in [5.74, 6) is 1.21. The number of nitrogens with one attached hydrogen (secondary N) is 2. The summed E-state index contributed by atoms with van der Waals surface area (Å²) in [4.78, 5) is 22.6. The Kier molecular flexibility index (Phi) is 6.06. The summed E-state index contributed by atoms with van der Waals surface area (Å²) in [7, 11) is 0. The molecule has 0 aromatic carbocycles. The standard InChI is InChI=1S/C13H20N2O3/c1-2-3-6-9-14-13(18)15-11-8-5-4-7-10(11)12(16)17/h1,10-11H,3-9H2,(H,16,17)(H2,14,15,18). The third kappa shape index (κ3) is 4.66. The number of carboxylic acids is 1. The number of terminal acetylenes is 1. The van der Waals surface area contributed by atoms with E-state index in [0.29, 0.717) is 19.4 Å². The third-order valence-corrected chi connectivity index (χ3v) is 3.18. The molecule has 0 aliphatic heterocycles. The minimum atomic E-state index is -0.827. The molecule has 18 heavy (non-hydrogen) atoms. The Morgan fingerprint density at radius 3 is 2.72 bits per heavy atom. The predicted octanol–water partition coefficient (Wildman–Crippen LogP) is 1.34. The van der Waals surface area contributed by atoms with Gasteiger partial charge in [0.2, 0.25) is 0 Å². The van der Waals surface area contributed by atoms with Gasteiger partial charge in [0.15, 0.2) is 0 Å². The Balaban J connectivity index is 2.32. The van der Waals surface area contributed by atoms with Crippen LogP contribution in [-0.4, -0.2) is 29.7 Å². The lowest BCUT2D eigenvalue weighted by Gasteiger charge is -2.29. The number of carbonyl (C=O) groups is 2. The van der Waals surface area contributed by atoms with Crippen LogP contribution in [0.15, 0.2) is 0 Å². The summed E-state index contributed by atoms with van der Waals surface area (Å²) in [5, 5.41) is 14.5. The van der Waals surface area contributed by atoms with Crippen LogP contribution in [0.2, 0.25) is 0 Å². The topological polar surface area (TPSA) is 78.4 Å². The van der Waals surface area contributed by atoms with Gasteiger partial charge in [-0.05, 0) is 19.3 Å². The van der Waals surface area contributed by atoms with Crippen LogP contribution in [0.1, 0.15) is 38.5 Å². The molecule has 1 rings (SSSR count). The van der Waals surface area contributed by atoms with Crippen molar-refractivity contribution < 1.29 is 14.7 Å². The molecule has 100 valence electrons. The molecule has 5 heteroatoms. The van der Waals surface area contributed by atoms with E-state index in [-0.39, 0.29) is 12.1 Å².